The Kier molecular flexibility index (Phi) is 6.27. The summed E-state index contributed by atoms with van der Waals surface area (Å²) in [6, 6.07) is -1.29. The van der Waals surface area contributed by atoms with Gasteiger partial charge < -0.3 is 35.6 Å². The van der Waals surface area contributed by atoms with Gasteiger partial charge in [-0.05, 0) is 5.53 Å². The number of aliphatic hydroxyl groups is 4. The highest BCUT2D eigenvalue weighted by atomic mass is 16.7. The van der Waals surface area contributed by atoms with Gasteiger partial charge in [-0.1, -0.05) is 5.11 Å². The zero-order chi connectivity index (χ0) is 17.8. The fourth-order valence-corrected chi connectivity index (χ4v) is 2.26. The van der Waals surface area contributed by atoms with Crippen LogP contribution >= 0.6 is 0 Å². The van der Waals surface area contributed by atoms with Gasteiger partial charge in [0.05, 0.1) is 24.8 Å². The van der Waals surface area contributed by atoms with E-state index in [1.165, 1.54) is 0 Å². The standard InChI is InChI=1S/C11H18N4O8/c1-4(16)14-7-5(17)2-11(22,10(20)21)23-9(7)8(19)6(18)3-13-15-12/h5-9,17-19,22H,2-3H2,1H3,(H,14,16)(H,20,21)/t5-,6+,7+,8+,9+,11-/m0/s1. The molecule has 0 aromatic carbocycles. The SMILES string of the molecule is CC(=O)N[C@H]1[C@H]([C@H](O)[C@H](O)CN=[N+]=[N-])O[C@](O)(C(=O)O)C[C@@H]1O. The molecule has 0 spiro atoms. The van der Waals surface area contributed by atoms with Gasteiger partial charge in [0.2, 0.25) is 5.91 Å². The van der Waals surface area contributed by atoms with Crippen molar-refractivity contribution >= 4 is 11.9 Å². The normalized spacial score (nSPS) is 33.2. The Labute approximate surface area is 129 Å². The second kappa shape index (κ2) is 7.55. The molecule has 130 valence electrons. The number of amides is 1. The molecule has 6 N–H and O–H groups in total. The molecule has 0 bridgehead atoms. The lowest BCUT2D eigenvalue weighted by molar-refractivity contribution is -0.294. The molecule has 1 rings (SSSR count). The monoisotopic (exact) mass is 334 g/mol. The second-order valence-corrected chi connectivity index (χ2v) is 5.14. The molecule has 0 aromatic heterocycles. The number of carboxylic acids is 1. The zero-order valence-corrected chi connectivity index (χ0v) is 12.1. The van der Waals surface area contributed by atoms with Crippen LogP contribution in [0.1, 0.15) is 13.3 Å². The number of ether oxygens (including phenoxy) is 1. The third-order valence-corrected chi connectivity index (χ3v) is 3.35. The third kappa shape index (κ3) is 4.51. The van der Waals surface area contributed by atoms with Gasteiger partial charge in [-0.3, -0.25) is 4.79 Å². The number of carbonyl (C=O) groups excluding carboxylic acids is 1. The van der Waals surface area contributed by atoms with Crippen LogP contribution in [0.3, 0.4) is 0 Å². The van der Waals surface area contributed by atoms with Crippen molar-refractivity contribution in [2.45, 2.75) is 49.6 Å². The maximum atomic E-state index is 11.2. The van der Waals surface area contributed by atoms with Crippen LogP contribution in [0, 0.1) is 0 Å². The van der Waals surface area contributed by atoms with E-state index >= 15 is 0 Å². The lowest BCUT2D eigenvalue weighted by Crippen LogP contribution is -2.67. The lowest BCUT2D eigenvalue weighted by Gasteiger charge is -2.44. The number of aliphatic carboxylic acids is 1. The largest absolute Gasteiger partial charge is 0.477 e. The summed E-state index contributed by atoms with van der Waals surface area (Å²) in [7, 11) is 0. The van der Waals surface area contributed by atoms with Crippen molar-refractivity contribution in [2.75, 3.05) is 6.54 Å². The summed E-state index contributed by atoms with van der Waals surface area (Å²) in [5, 5.41) is 53.9. The Balaban J connectivity index is 3.08. The molecule has 1 saturated heterocycles. The number of carboxylic acid groups (broad SMARTS) is 1. The highest BCUT2D eigenvalue weighted by Crippen LogP contribution is 2.30. The second-order valence-electron chi connectivity index (χ2n) is 5.14. The first-order valence-corrected chi connectivity index (χ1v) is 6.58. The number of rotatable bonds is 6. The molecule has 1 aliphatic heterocycles. The van der Waals surface area contributed by atoms with E-state index in [4.69, 9.17) is 15.4 Å². The van der Waals surface area contributed by atoms with E-state index in [0.29, 0.717) is 0 Å². The van der Waals surface area contributed by atoms with Crippen LogP contribution in [-0.2, 0) is 14.3 Å². The Morgan fingerprint density at radius 3 is 2.61 bits per heavy atom. The molecule has 0 saturated carbocycles. The van der Waals surface area contributed by atoms with Gasteiger partial charge in [-0.2, -0.15) is 0 Å². The molecule has 0 aromatic rings. The number of hydrogen-bond donors (Lipinski definition) is 6. The molecule has 1 heterocycles. The first-order valence-electron chi connectivity index (χ1n) is 6.58. The Bertz CT molecular complexity index is 510. The number of carbonyl (C=O) groups is 2. The summed E-state index contributed by atoms with van der Waals surface area (Å²) in [6.45, 7) is 0.552. The minimum absolute atomic E-state index is 0.564. The van der Waals surface area contributed by atoms with Crippen molar-refractivity contribution in [3.63, 3.8) is 0 Å². The fourth-order valence-electron chi connectivity index (χ4n) is 2.26. The van der Waals surface area contributed by atoms with E-state index in [9.17, 15) is 30.0 Å². The van der Waals surface area contributed by atoms with Crippen molar-refractivity contribution < 1.29 is 39.9 Å². The minimum atomic E-state index is -2.81. The molecular formula is C11H18N4O8. The van der Waals surface area contributed by atoms with Crippen molar-refractivity contribution in [1.29, 1.82) is 0 Å². The first-order chi connectivity index (χ1) is 10.6. The molecule has 12 heteroatoms. The van der Waals surface area contributed by atoms with Gasteiger partial charge in [0.1, 0.15) is 12.2 Å². The summed E-state index contributed by atoms with van der Waals surface area (Å²) in [5.41, 5.74) is 8.20. The van der Waals surface area contributed by atoms with Gasteiger partial charge in [0.15, 0.2) is 0 Å². The minimum Gasteiger partial charge on any atom is -0.477 e. The number of nitrogens with zero attached hydrogens (tertiary/aromatic N) is 3. The Morgan fingerprint density at radius 2 is 2.13 bits per heavy atom. The van der Waals surface area contributed by atoms with Crippen LogP contribution in [0.5, 0.6) is 0 Å². The molecule has 1 amide bonds. The average Bonchev–Trinajstić information content (AvgIpc) is 2.46. The molecule has 1 aliphatic rings. The van der Waals surface area contributed by atoms with Gasteiger partial charge in [-0.15, -0.1) is 0 Å². The number of nitrogens with one attached hydrogen (secondary N) is 1. The molecule has 6 atom stereocenters. The highest BCUT2D eigenvalue weighted by Gasteiger charge is 2.53. The molecule has 12 nitrogen and oxygen atoms in total. The van der Waals surface area contributed by atoms with E-state index in [2.05, 4.69) is 15.3 Å². The third-order valence-electron chi connectivity index (χ3n) is 3.35. The maximum absolute atomic E-state index is 11.2. The van der Waals surface area contributed by atoms with Crippen LogP contribution in [0.15, 0.2) is 5.11 Å². The predicted octanol–water partition coefficient (Wildman–Crippen LogP) is -2.55. The summed E-state index contributed by atoms with van der Waals surface area (Å²) >= 11 is 0. The van der Waals surface area contributed by atoms with Crippen LogP contribution < -0.4 is 5.32 Å². The molecule has 1 fully saturated rings. The van der Waals surface area contributed by atoms with E-state index < -0.39 is 61.1 Å². The molecule has 23 heavy (non-hydrogen) atoms. The molecular weight excluding hydrogens is 316 g/mol. The lowest BCUT2D eigenvalue weighted by atomic mass is 9.88. The van der Waals surface area contributed by atoms with Crippen molar-refractivity contribution in [2.24, 2.45) is 5.11 Å². The topological polar surface area (TPSA) is 205 Å². The van der Waals surface area contributed by atoms with Crippen LogP contribution in [0.4, 0.5) is 0 Å². The maximum Gasteiger partial charge on any atom is 0.364 e. The Morgan fingerprint density at radius 1 is 1.52 bits per heavy atom. The molecule has 0 aliphatic carbocycles. The van der Waals surface area contributed by atoms with Gasteiger partial charge in [0.25, 0.3) is 5.79 Å². The smallest absolute Gasteiger partial charge is 0.364 e. The first kappa shape index (κ1) is 19.1. The number of aliphatic hydroxyl groups excluding tert-OH is 3. The number of azide groups is 1. The van der Waals surface area contributed by atoms with Crippen molar-refractivity contribution in [3.8, 4) is 0 Å². The highest BCUT2D eigenvalue weighted by molar-refractivity contribution is 5.76. The van der Waals surface area contributed by atoms with E-state index in [0.717, 1.165) is 6.92 Å². The fraction of sp³-hybridized carbons (Fsp3) is 0.818. The summed E-state index contributed by atoms with van der Waals surface area (Å²) < 4.78 is 4.92. The van der Waals surface area contributed by atoms with Crippen LogP contribution in [0.25, 0.3) is 10.4 Å². The number of hydrogen-bond acceptors (Lipinski definition) is 8. The van der Waals surface area contributed by atoms with E-state index in [1.54, 1.807) is 0 Å². The summed E-state index contributed by atoms with van der Waals surface area (Å²) in [4.78, 5) is 24.7. The van der Waals surface area contributed by atoms with E-state index in [1.807, 2.05) is 0 Å². The Hall–Kier alpha value is -1.95. The van der Waals surface area contributed by atoms with Gasteiger partial charge >= 0.3 is 5.97 Å². The zero-order valence-electron chi connectivity index (χ0n) is 12.1. The van der Waals surface area contributed by atoms with E-state index in [-0.39, 0.29) is 0 Å². The van der Waals surface area contributed by atoms with Crippen LogP contribution in [0.2, 0.25) is 0 Å². The van der Waals surface area contributed by atoms with Gasteiger partial charge in [0, 0.05) is 18.3 Å². The van der Waals surface area contributed by atoms with Crippen LogP contribution in [-0.4, -0.2) is 80.2 Å². The van der Waals surface area contributed by atoms with Gasteiger partial charge in [-0.25, -0.2) is 4.79 Å². The molecule has 0 radical (unpaired) electrons. The van der Waals surface area contributed by atoms with Crippen molar-refractivity contribution in [1.82, 2.24) is 5.32 Å². The molecule has 0 unspecified atom stereocenters. The van der Waals surface area contributed by atoms with Crippen molar-refractivity contribution in [3.05, 3.63) is 10.4 Å². The quantitative estimate of drug-likeness (QED) is 0.173. The predicted molar refractivity (Wildman–Crippen MR) is 71.7 cm³/mol. The average molecular weight is 334 g/mol. The summed E-state index contributed by atoms with van der Waals surface area (Å²) in [6.07, 6.45) is -7.51. The summed E-state index contributed by atoms with van der Waals surface area (Å²) in [5.74, 6) is -5.22.